The van der Waals surface area contributed by atoms with Crippen LogP contribution in [0.15, 0.2) is 18.3 Å². The molecule has 0 aliphatic rings. The SMILES string of the molecule is CCc1ccc(CC(=O)CNC(C)(C)C)nc1. The Hall–Kier alpha value is -1.22. The molecule has 0 radical (unpaired) electrons. The van der Waals surface area contributed by atoms with E-state index in [1.807, 2.05) is 18.3 Å². The van der Waals surface area contributed by atoms with Crippen LogP contribution in [0.3, 0.4) is 0 Å². The zero-order valence-corrected chi connectivity index (χ0v) is 11.2. The van der Waals surface area contributed by atoms with Gasteiger partial charge in [-0.3, -0.25) is 9.78 Å². The molecule has 0 atom stereocenters. The van der Waals surface area contributed by atoms with E-state index >= 15 is 0 Å². The molecule has 0 saturated carbocycles. The maximum absolute atomic E-state index is 11.7. The zero-order valence-electron chi connectivity index (χ0n) is 11.2. The third-order valence-corrected chi connectivity index (χ3v) is 2.49. The quantitative estimate of drug-likeness (QED) is 0.848. The minimum atomic E-state index is -0.0187. The van der Waals surface area contributed by atoms with Gasteiger partial charge in [0.1, 0.15) is 0 Å². The molecule has 0 aliphatic heterocycles. The Morgan fingerprint density at radius 3 is 2.53 bits per heavy atom. The number of carbonyl (C=O) groups excluding carboxylic acids is 1. The molecule has 1 N–H and O–H groups in total. The van der Waals surface area contributed by atoms with E-state index in [4.69, 9.17) is 0 Å². The lowest BCUT2D eigenvalue weighted by molar-refractivity contribution is -0.117. The van der Waals surface area contributed by atoms with Crippen molar-refractivity contribution in [2.45, 2.75) is 46.1 Å². The number of nitrogens with one attached hydrogen (secondary N) is 1. The molecule has 0 spiro atoms. The van der Waals surface area contributed by atoms with E-state index in [9.17, 15) is 4.79 Å². The van der Waals surface area contributed by atoms with Crippen LogP contribution in [0.25, 0.3) is 0 Å². The summed E-state index contributed by atoms with van der Waals surface area (Å²) in [5, 5.41) is 3.19. The number of pyridine rings is 1. The summed E-state index contributed by atoms with van der Waals surface area (Å²) in [6.45, 7) is 8.65. The summed E-state index contributed by atoms with van der Waals surface area (Å²) >= 11 is 0. The first-order valence-corrected chi connectivity index (χ1v) is 6.11. The smallest absolute Gasteiger partial charge is 0.152 e. The Morgan fingerprint density at radius 2 is 2.06 bits per heavy atom. The van der Waals surface area contributed by atoms with Gasteiger partial charge in [0.15, 0.2) is 5.78 Å². The van der Waals surface area contributed by atoms with Gasteiger partial charge in [-0.1, -0.05) is 13.0 Å². The summed E-state index contributed by atoms with van der Waals surface area (Å²) in [4.78, 5) is 16.0. The maximum atomic E-state index is 11.7. The molecule has 3 heteroatoms. The lowest BCUT2D eigenvalue weighted by Gasteiger charge is -2.19. The van der Waals surface area contributed by atoms with Crippen molar-refractivity contribution >= 4 is 5.78 Å². The van der Waals surface area contributed by atoms with Crippen LogP contribution in [-0.2, 0) is 17.6 Å². The maximum Gasteiger partial charge on any atom is 0.152 e. The lowest BCUT2D eigenvalue weighted by atomic mass is 10.1. The highest BCUT2D eigenvalue weighted by Gasteiger charge is 2.11. The largest absolute Gasteiger partial charge is 0.305 e. The lowest BCUT2D eigenvalue weighted by Crippen LogP contribution is -2.39. The van der Waals surface area contributed by atoms with Gasteiger partial charge in [0.05, 0.1) is 13.0 Å². The Labute approximate surface area is 104 Å². The highest BCUT2D eigenvalue weighted by atomic mass is 16.1. The van der Waals surface area contributed by atoms with Crippen LogP contribution >= 0.6 is 0 Å². The van der Waals surface area contributed by atoms with Crippen molar-refractivity contribution in [3.8, 4) is 0 Å². The van der Waals surface area contributed by atoms with E-state index in [0.717, 1.165) is 12.1 Å². The molecule has 3 nitrogen and oxygen atoms in total. The third kappa shape index (κ3) is 5.59. The molecule has 0 aliphatic carbocycles. The van der Waals surface area contributed by atoms with Crippen molar-refractivity contribution in [2.24, 2.45) is 0 Å². The summed E-state index contributed by atoms with van der Waals surface area (Å²) in [6.07, 6.45) is 3.24. The minimum Gasteiger partial charge on any atom is -0.305 e. The zero-order chi connectivity index (χ0) is 12.9. The first-order valence-electron chi connectivity index (χ1n) is 6.11. The van der Waals surface area contributed by atoms with E-state index < -0.39 is 0 Å². The number of hydrogen-bond donors (Lipinski definition) is 1. The first kappa shape index (κ1) is 13.8. The van der Waals surface area contributed by atoms with Crippen molar-refractivity contribution in [3.05, 3.63) is 29.6 Å². The van der Waals surface area contributed by atoms with Gasteiger partial charge in [-0.15, -0.1) is 0 Å². The second-order valence-corrected chi connectivity index (χ2v) is 5.33. The van der Waals surface area contributed by atoms with E-state index in [2.05, 4.69) is 38.0 Å². The first-order chi connectivity index (χ1) is 7.90. The molecule has 0 fully saturated rings. The van der Waals surface area contributed by atoms with E-state index in [1.165, 1.54) is 5.56 Å². The Balaban J connectivity index is 2.45. The molecule has 0 aromatic carbocycles. The molecule has 1 heterocycles. The van der Waals surface area contributed by atoms with Crippen LogP contribution in [-0.4, -0.2) is 22.9 Å². The molecular formula is C14H22N2O. The van der Waals surface area contributed by atoms with Crippen molar-refractivity contribution in [3.63, 3.8) is 0 Å². The summed E-state index contributed by atoms with van der Waals surface area (Å²) < 4.78 is 0. The van der Waals surface area contributed by atoms with E-state index in [0.29, 0.717) is 13.0 Å². The summed E-state index contributed by atoms with van der Waals surface area (Å²) in [5.41, 5.74) is 2.03. The van der Waals surface area contributed by atoms with Crippen LogP contribution in [0.1, 0.15) is 39.0 Å². The summed E-state index contributed by atoms with van der Waals surface area (Å²) in [7, 11) is 0. The highest BCUT2D eigenvalue weighted by Crippen LogP contribution is 2.03. The minimum absolute atomic E-state index is 0.0187. The number of aromatic nitrogens is 1. The van der Waals surface area contributed by atoms with Crippen LogP contribution < -0.4 is 5.32 Å². The Morgan fingerprint density at radius 1 is 1.35 bits per heavy atom. The number of aryl methyl sites for hydroxylation is 1. The fraction of sp³-hybridized carbons (Fsp3) is 0.571. The van der Waals surface area contributed by atoms with Crippen LogP contribution in [0.2, 0.25) is 0 Å². The average Bonchev–Trinajstić information content (AvgIpc) is 2.27. The molecule has 17 heavy (non-hydrogen) atoms. The van der Waals surface area contributed by atoms with E-state index in [-0.39, 0.29) is 11.3 Å². The van der Waals surface area contributed by atoms with Crippen LogP contribution in [0.5, 0.6) is 0 Å². The molecule has 1 aromatic rings. The van der Waals surface area contributed by atoms with Gasteiger partial charge in [-0.2, -0.15) is 0 Å². The topological polar surface area (TPSA) is 42.0 Å². The highest BCUT2D eigenvalue weighted by molar-refractivity contribution is 5.82. The number of Topliss-reactive ketones (excluding diaryl/α,β-unsaturated/α-hetero) is 1. The van der Waals surface area contributed by atoms with Gasteiger partial charge in [-0.05, 0) is 38.8 Å². The van der Waals surface area contributed by atoms with Crippen molar-refractivity contribution < 1.29 is 4.79 Å². The molecular weight excluding hydrogens is 212 g/mol. The number of rotatable bonds is 5. The van der Waals surface area contributed by atoms with Gasteiger partial charge in [0.2, 0.25) is 0 Å². The summed E-state index contributed by atoms with van der Waals surface area (Å²) in [6, 6.07) is 3.97. The number of nitrogens with zero attached hydrogens (tertiary/aromatic N) is 1. The molecule has 94 valence electrons. The van der Waals surface area contributed by atoms with Crippen LogP contribution in [0, 0.1) is 0 Å². The third-order valence-electron chi connectivity index (χ3n) is 2.49. The summed E-state index contributed by atoms with van der Waals surface area (Å²) in [5.74, 6) is 0.177. The molecule has 0 unspecified atom stereocenters. The average molecular weight is 234 g/mol. The predicted octanol–water partition coefficient (Wildman–Crippen LogP) is 2.14. The second-order valence-electron chi connectivity index (χ2n) is 5.33. The van der Waals surface area contributed by atoms with E-state index in [1.54, 1.807) is 0 Å². The Bertz CT molecular complexity index is 363. The molecule has 0 saturated heterocycles. The monoisotopic (exact) mass is 234 g/mol. The van der Waals surface area contributed by atoms with Gasteiger partial charge >= 0.3 is 0 Å². The van der Waals surface area contributed by atoms with Crippen molar-refractivity contribution in [1.82, 2.24) is 10.3 Å². The Kier molecular flexibility index (Phi) is 4.82. The van der Waals surface area contributed by atoms with Crippen molar-refractivity contribution in [1.29, 1.82) is 0 Å². The molecule has 1 aromatic heterocycles. The normalized spacial score (nSPS) is 11.5. The number of carbonyl (C=O) groups is 1. The molecule has 0 bridgehead atoms. The fourth-order valence-electron chi connectivity index (χ4n) is 1.40. The van der Waals surface area contributed by atoms with Gasteiger partial charge in [-0.25, -0.2) is 0 Å². The molecule has 0 amide bonds. The standard InChI is InChI=1S/C14H22N2O/c1-5-11-6-7-12(15-9-11)8-13(17)10-16-14(2,3)4/h6-7,9,16H,5,8,10H2,1-4H3. The molecule has 1 rings (SSSR count). The van der Waals surface area contributed by atoms with Crippen molar-refractivity contribution in [2.75, 3.05) is 6.54 Å². The second kappa shape index (κ2) is 5.92. The van der Waals surface area contributed by atoms with Gasteiger partial charge < -0.3 is 5.32 Å². The number of hydrogen-bond acceptors (Lipinski definition) is 3. The number of ketones is 1. The predicted molar refractivity (Wildman–Crippen MR) is 70.1 cm³/mol. The van der Waals surface area contributed by atoms with Crippen LogP contribution in [0.4, 0.5) is 0 Å². The van der Waals surface area contributed by atoms with Gasteiger partial charge in [0, 0.05) is 17.4 Å². The fourth-order valence-corrected chi connectivity index (χ4v) is 1.40. The van der Waals surface area contributed by atoms with Gasteiger partial charge in [0.25, 0.3) is 0 Å².